The second kappa shape index (κ2) is 6.31. The van der Waals surface area contributed by atoms with E-state index in [-0.39, 0.29) is 12.5 Å². The Morgan fingerprint density at radius 2 is 1.88 bits per heavy atom. The summed E-state index contributed by atoms with van der Waals surface area (Å²) in [6, 6.07) is 7.46. The number of benzene rings is 1. The third kappa shape index (κ3) is 3.14. The van der Waals surface area contributed by atoms with Gasteiger partial charge in [0.2, 0.25) is 0 Å². The second-order valence-electron chi connectivity index (χ2n) is 7.04. The molecule has 132 valence electrons. The Bertz CT molecular complexity index is 796. The Morgan fingerprint density at radius 1 is 1.20 bits per heavy atom. The monoisotopic (exact) mass is 341 g/mol. The molecule has 25 heavy (non-hydrogen) atoms. The first-order chi connectivity index (χ1) is 11.8. The lowest BCUT2D eigenvalue weighted by Gasteiger charge is -2.22. The van der Waals surface area contributed by atoms with Gasteiger partial charge in [-0.1, -0.05) is 38.1 Å². The van der Waals surface area contributed by atoms with Gasteiger partial charge >= 0.3 is 6.03 Å². The van der Waals surface area contributed by atoms with Gasteiger partial charge in [-0.2, -0.15) is 5.10 Å². The van der Waals surface area contributed by atoms with E-state index < -0.39 is 11.6 Å². The second-order valence-corrected chi connectivity index (χ2v) is 7.04. The minimum atomic E-state index is -1.06. The number of hydrogen-bond donors (Lipinski definition) is 1. The first-order valence-corrected chi connectivity index (χ1v) is 8.37. The van der Waals surface area contributed by atoms with Crippen molar-refractivity contribution in [3.8, 4) is 0 Å². The summed E-state index contributed by atoms with van der Waals surface area (Å²) in [5, 5.41) is 6.79. The Hall–Kier alpha value is -2.70. The highest BCUT2D eigenvalue weighted by atomic mass is 16.2. The van der Waals surface area contributed by atoms with Crippen LogP contribution in [0.4, 0.5) is 4.79 Å². The molecule has 1 atom stereocenters. The summed E-state index contributed by atoms with van der Waals surface area (Å²) in [6.07, 6.45) is 2.38. The number of aryl methyl sites for hydroxylation is 1. The third-order valence-electron chi connectivity index (χ3n) is 4.55. The van der Waals surface area contributed by atoms with Crippen LogP contribution in [0.25, 0.3) is 0 Å². The van der Waals surface area contributed by atoms with E-state index >= 15 is 0 Å². The summed E-state index contributed by atoms with van der Waals surface area (Å²) in [5.41, 5.74) is 0.931. The SMILES string of the molecule is CC(C)Cc1ccc([C@@]2(C)NC(=O)N(Cc3ncnn3C)C2=O)cc1. The molecule has 3 rings (SSSR count). The molecule has 2 heterocycles. The highest BCUT2D eigenvalue weighted by molar-refractivity contribution is 6.07. The average molecular weight is 341 g/mol. The maximum atomic E-state index is 12.9. The summed E-state index contributed by atoms with van der Waals surface area (Å²) in [6.45, 7) is 6.17. The number of carbonyl (C=O) groups is 2. The van der Waals surface area contributed by atoms with Crippen LogP contribution in [0.5, 0.6) is 0 Å². The van der Waals surface area contributed by atoms with Gasteiger partial charge in [-0.3, -0.25) is 14.4 Å². The van der Waals surface area contributed by atoms with Crippen molar-refractivity contribution in [2.24, 2.45) is 13.0 Å². The van der Waals surface area contributed by atoms with Gasteiger partial charge in [-0.25, -0.2) is 9.78 Å². The molecule has 0 bridgehead atoms. The number of nitrogens with one attached hydrogen (secondary N) is 1. The molecule has 7 heteroatoms. The van der Waals surface area contributed by atoms with Crippen molar-refractivity contribution in [3.05, 3.63) is 47.5 Å². The van der Waals surface area contributed by atoms with Gasteiger partial charge in [0, 0.05) is 7.05 Å². The van der Waals surface area contributed by atoms with Crippen LogP contribution in [0.3, 0.4) is 0 Å². The van der Waals surface area contributed by atoms with E-state index in [4.69, 9.17) is 0 Å². The Kier molecular flexibility index (Phi) is 4.32. The molecule has 1 aliphatic rings. The van der Waals surface area contributed by atoms with Crippen molar-refractivity contribution >= 4 is 11.9 Å². The van der Waals surface area contributed by atoms with E-state index in [1.165, 1.54) is 16.8 Å². The Morgan fingerprint density at radius 3 is 2.44 bits per heavy atom. The van der Waals surface area contributed by atoms with Gasteiger partial charge in [0.1, 0.15) is 17.7 Å². The minimum absolute atomic E-state index is 0.0994. The fraction of sp³-hybridized carbons (Fsp3) is 0.444. The molecule has 0 spiro atoms. The van der Waals surface area contributed by atoms with Gasteiger partial charge in [0.25, 0.3) is 5.91 Å². The third-order valence-corrected chi connectivity index (χ3v) is 4.55. The Balaban J connectivity index is 1.83. The van der Waals surface area contributed by atoms with Crippen LogP contribution in [0.15, 0.2) is 30.6 Å². The minimum Gasteiger partial charge on any atom is -0.319 e. The van der Waals surface area contributed by atoms with Crippen LogP contribution in [0, 0.1) is 5.92 Å². The van der Waals surface area contributed by atoms with E-state index in [1.54, 1.807) is 18.7 Å². The maximum Gasteiger partial charge on any atom is 0.325 e. The molecular weight excluding hydrogens is 318 g/mol. The number of amides is 3. The predicted molar refractivity (Wildman–Crippen MR) is 92.4 cm³/mol. The van der Waals surface area contributed by atoms with Crippen molar-refractivity contribution in [1.29, 1.82) is 0 Å². The first-order valence-electron chi connectivity index (χ1n) is 8.37. The summed E-state index contributed by atoms with van der Waals surface area (Å²) < 4.78 is 1.55. The molecule has 0 unspecified atom stereocenters. The number of hydrogen-bond acceptors (Lipinski definition) is 4. The molecule has 3 amide bonds. The van der Waals surface area contributed by atoms with Gasteiger partial charge in [0.05, 0.1) is 6.54 Å². The molecule has 1 saturated heterocycles. The molecule has 7 nitrogen and oxygen atoms in total. The first kappa shape index (κ1) is 17.1. The van der Waals surface area contributed by atoms with Crippen LogP contribution in [-0.2, 0) is 30.3 Å². The summed E-state index contributed by atoms with van der Waals surface area (Å²) >= 11 is 0. The summed E-state index contributed by atoms with van der Waals surface area (Å²) in [4.78, 5) is 30.6. The van der Waals surface area contributed by atoms with Crippen molar-refractivity contribution < 1.29 is 9.59 Å². The molecule has 1 fully saturated rings. The molecule has 0 saturated carbocycles. The highest BCUT2D eigenvalue weighted by Crippen LogP contribution is 2.30. The number of imide groups is 1. The quantitative estimate of drug-likeness (QED) is 0.843. The van der Waals surface area contributed by atoms with E-state index in [9.17, 15) is 9.59 Å². The summed E-state index contributed by atoms with van der Waals surface area (Å²) in [7, 11) is 1.73. The molecule has 0 aliphatic carbocycles. The van der Waals surface area contributed by atoms with Gasteiger partial charge in [-0.15, -0.1) is 0 Å². The molecule has 1 aromatic carbocycles. The molecule has 1 aliphatic heterocycles. The number of nitrogens with zero attached hydrogens (tertiary/aromatic N) is 4. The van der Waals surface area contributed by atoms with Gasteiger partial charge in [0.15, 0.2) is 0 Å². The molecular formula is C18H23N5O2. The fourth-order valence-corrected chi connectivity index (χ4v) is 3.09. The largest absolute Gasteiger partial charge is 0.325 e. The zero-order valence-corrected chi connectivity index (χ0v) is 15.0. The average Bonchev–Trinajstić information content (AvgIpc) is 3.05. The number of aromatic nitrogens is 3. The van der Waals surface area contributed by atoms with Crippen molar-refractivity contribution in [2.45, 2.75) is 39.3 Å². The zero-order valence-electron chi connectivity index (χ0n) is 15.0. The molecule has 1 aromatic heterocycles. The fourth-order valence-electron chi connectivity index (χ4n) is 3.09. The van der Waals surface area contributed by atoms with Crippen LogP contribution >= 0.6 is 0 Å². The van der Waals surface area contributed by atoms with E-state index in [1.807, 2.05) is 24.3 Å². The van der Waals surface area contributed by atoms with E-state index in [2.05, 4.69) is 29.2 Å². The van der Waals surface area contributed by atoms with Crippen LogP contribution in [-0.4, -0.2) is 31.6 Å². The zero-order chi connectivity index (χ0) is 18.2. The van der Waals surface area contributed by atoms with Gasteiger partial charge < -0.3 is 5.32 Å². The van der Waals surface area contributed by atoms with Crippen LogP contribution in [0.2, 0.25) is 0 Å². The van der Waals surface area contributed by atoms with Crippen molar-refractivity contribution in [2.75, 3.05) is 0 Å². The normalized spacial score (nSPS) is 20.4. The lowest BCUT2D eigenvalue weighted by atomic mass is 9.90. The molecule has 0 radical (unpaired) electrons. The highest BCUT2D eigenvalue weighted by Gasteiger charge is 2.49. The van der Waals surface area contributed by atoms with Crippen molar-refractivity contribution in [1.82, 2.24) is 25.0 Å². The van der Waals surface area contributed by atoms with Gasteiger partial charge in [-0.05, 0) is 30.4 Å². The van der Waals surface area contributed by atoms with E-state index in [0.29, 0.717) is 11.7 Å². The number of urea groups is 1. The Labute approximate surface area is 147 Å². The van der Waals surface area contributed by atoms with E-state index in [0.717, 1.165) is 12.0 Å². The molecule has 1 N–H and O–H groups in total. The summed E-state index contributed by atoms with van der Waals surface area (Å²) in [5.74, 6) is 0.841. The topological polar surface area (TPSA) is 80.1 Å². The smallest absolute Gasteiger partial charge is 0.319 e. The lowest BCUT2D eigenvalue weighted by Crippen LogP contribution is -2.40. The van der Waals surface area contributed by atoms with Crippen LogP contribution in [0.1, 0.15) is 37.7 Å². The maximum absolute atomic E-state index is 12.9. The lowest BCUT2D eigenvalue weighted by molar-refractivity contribution is -0.131. The number of carbonyl (C=O) groups excluding carboxylic acids is 2. The van der Waals surface area contributed by atoms with Crippen LogP contribution < -0.4 is 5.32 Å². The standard InChI is InChI=1S/C18H23N5O2/c1-12(2)9-13-5-7-14(8-6-13)18(3)16(24)23(17(25)21-18)10-15-19-11-20-22(15)4/h5-8,11-12H,9-10H2,1-4H3,(H,21,25)/t18-/m1/s1. The predicted octanol–water partition coefficient (Wildman–Crippen LogP) is 1.98. The number of rotatable bonds is 5. The molecule has 2 aromatic rings. The van der Waals surface area contributed by atoms with Crippen molar-refractivity contribution in [3.63, 3.8) is 0 Å².